The molecule has 1 amide bonds. The maximum absolute atomic E-state index is 13.7. The molecule has 31 heavy (non-hydrogen) atoms. The topological polar surface area (TPSA) is 64.1 Å². The van der Waals surface area contributed by atoms with E-state index >= 15 is 0 Å². The van der Waals surface area contributed by atoms with Gasteiger partial charge in [-0.05, 0) is 54.1 Å². The minimum atomic E-state index is -0.644. The third-order valence-corrected chi connectivity index (χ3v) is 5.38. The molecule has 1 N–H and O–H groups in total. The summed E-state index contributed by atoms with van der Waals surface area (Å²) in [4.78, 5) is 20.7. The van der Waals surface area contributed by atoms with Crippen molar-refractivity contribution >= 4 is 17.2 Å². The van der Waals surface area contributed by atoms with Gasteiger partial charge in [-0.15, -0.1) is 11.3 Å². The molecular formula is C23H17F2N3O2S. The van der Waals surface area contributed by atoms with Crippen molar-refractivity contribution in [2.24, 2.45) is 0 Å². The van der Waals surface area contributed by atoms with Gasteiger partial charge in [0.05, 0.1) is 5.56 Å². The van der Waals surface area contributed by atoms with E-state index < -0.39 is 11.6 Å². The zero-order valence-electron chi connectivity index (χ0n) is 16.2. The average molecular weight is 437 g/mol. The molecule has 0 fully saturated rings. The second-order valence-corrected chi connectivity index (χ2v) is 7.45. The van der Waals surface area contributed by atoms with Gasteiger partial charge >= 0.3 is 0 Å². The summed E-state index contributed by atoms with van der Waals surface area (Å²) in [6.45, 7) is 0.180. The van der Waals surface area contributed by atoms with E-state index in [1.165, 1.54) is 29.5 Å². The molecule has 0 unspecified atom stereocenters. The van der Waals surface area contributed by atoms with Crippen LogP contribution in [0.15, 0.2) is 72.4 Å². The minimum Gasteiger partial charge on any atom is -0.489 e. The highest BCUT2D eigenvalue weighted by Crippen LogP contribution is 2.26. The highest BCUT2D eigenvalue weighted by Gasteiger charge is 2.13. The van der Waals surface area contributed by atoms with Crippen molar-refractivity contribution in [1.29, 1.82) is 0 Å². The molecule has 0 saturated heterocycles. The molecule has 0 spiro atoms. The standard InChI is InChI=1S/C23H17F2N3O2S/c24-19-2-1-3-20(25)18(19)13-30-17-6-4-16(5-7-17)23-28-21(14-31-23)22(29)27-12-15-8-10-26-11-9-15/h1-11,14H,12-13H2,(H,27,29). The van der Waals surface area contributed by atoms with E-state index in [0.717, 1.165) is 11.1 Å². The van der Waals surface area contributed by atoms with Crippen LogP contribution < -0.4 is 10.1 Å². The Morgan fingerprint density at radius 3 is 2.42 bits per heavy atom. The molecule has 8 heteroatoms. The molecule has 4 aromatic rings. The molecule has 0 radical (unpaired) electrons. The average Bonchev–Trinajstić information content (AvgIpc) is 3.29. The van der Waals surface area contributed by atoms with Crippen LogP contribution in [0.25, 0.3) is 10.6 Å². The molecule has 2 aromatic heterocycles. The van der Waals surface area contributed by atoms with Crippen LogP contribution in [0.5, 0.6) is 5.75 Å². The van der Waals surface area contributed by atoms with Gasteiger partial charge in [-0.25, -0.2) is 13.8 Å². The molecule has 5 nitrogen and oxygen atoms in total. The highest BCUT2D eigenvalue weighted by atomic mass is 32.1. The summed E-state index contributed by atoms with van der Waals surface area (Å²) in [5, 5.41) is 5.20. The highest BCUT2D eigenvalue weighted by molar-refractivity contribution is 7.13. The number of rotatable bonds is 7. The van der Waals surface area contributed by atoms with Crippen molar-refractivity contribution in [2.45, 2.75) is 13.2 Å². The van der Waals surface area contributed by atoms with E-state index in [1.807, 2.05) is 12.1 Å². The summed E-state index contributed by atoms with van der Waals surface area (Å²) in [6, 6.07) is 14.3. The van der Waals surface area contributed by atoms with E-state index in [2.05, 4.69) is 15.3 Å². The molecule has 0 aliphatic heterocycles. The van der Waals surface area contributed by atoms with Gasteiger partial charge < -0.3 is 10.1 Å². The normalized spacial score (nSPS) is 10.6. The molecule has 0 aliphatic carbocycles. The van der Waals surface area contributed by atoms with Crippen LogP contribution in [0, 0.1) is 11.6 Å². The van der Waals surface area contributed by atoms with Crippen LogP contribution in [0.1, 0.15) is 21.6 Å². The van der Waals surface area contributed by atoms with Crippen molar-refractivity contribution in [2.75, 3.05) is 0 Å². The van der Waals surface area contributed by atoms with Gasteiger partial charge in [0.2, 0.25) is 0 Å². The molecule has 2 heterocycles. The summed E-state index contributed by atoms with van der Waals surface area (Å²) in [6.07, 6.45) is 3.34. The molecule has 0 saturated carbocycles. The van der Waals surface area contributed by atoms with Crippen LogP contribution in [0.2, 0.25) is 0 Å². The summed E-state index contributed by atoms with van der Waals surface area (Å²) in [7, 11) is 0. The van der Waals surface area contributed by atoms with Gasteiger partial charge in [-0.3, -0.25) is 9.78 Å². The fourth-order valence-corrected chi connectivity index (χ4v) is 3.61. The second-order valence-electron chi connectivity index (χ2n) is 6.59. The van der Waals surface area contributed by atoms with Crippen molar-refractivity contribution in [3.05, 3.63) is 101 Å². The fraction of sp³-hybridized carbons (Fsp3) is 0.0870. The summed E-state index contributed by atoms with van der Waals surface area (Å²) in [5.41, 5.74) is 1.98. The van der Waals surface area contributed by atoms with Gasteiger partial charge in [0, 0.05) is 29.9 Å². The van der Waals surface area contributed by atoms with E-state index in [0.29, 0.717) is 23.0 Å². The number of halogens is 2. The van der Waals surface area contributed by atoms with Crippen molar-refractivity contribution in [1.82, 2.24) is 15.3 Å². The minimum absolute atomic E-state index is 0.117. The Balaban J connectivity index is 1.37. The number of benzene rings is 2. The van der Waals surface area contributed by atoms with Crippen LogP contribution in [-0.4, -0.2) is 15.9 Å². The lowest BCUT2D eigenvalue weighted by Crippen LogP contribution is -2.23. The Hall–Kier alpha value is -3.65. The number of nitrogens with one attached hydrogen (secondary N) is 1. The van der Waals surface area contributed by atoms with Crippen LogP contribution in [-0.2, 0) is 13.2 Å². The first-order valence-electron chi connectivity index (χ1n) is 9.39. The number of aromatic nitrogens is 2. The summed E-state index contributed by atoms with van der Waals surface area (Å²) in [5.74, 6) is -1.08. The Morgan fingerprint density at radius 2 is 1.71 bits per heavy atom. The number of thiazole rings is 1. The van der Waals surface area contributed by atoms with E-state index in [4.69, 9.17) is 4.74 Å². The summed E-state index contributed by atoms with van der Waals surface area (Å²) >= 11 is 1.35. The number of pyridine rings is 1. The van der Waals surface area contributed by atoms with Gasteiger partial charge in [-0.2, -0.15) is 0 Å². The van der Waals surface area contributed by atoms with Crippen molar-refractivity contribution in [3.8, 4) is 16.3 Å². The lowest BCUT2D eigenvalue weighted by molar-refractivity contribution is 0.0946. The SMILES string of the molecule is O=C(NCc1ccncc1)c1csc(-c2ccc(OCc3c(F)cccc3F)cc2)n1. The molecular weight excluding hydrogens is 420 g/mol. The van der Waals surface area contributed by atoms with Crippen molar-refractivity contribution < 1.29 is 18.3 Å². The Morgan fingerprint density at radius 1 is 1.00 bits per heavy atom. The number of hydrogen-bond acceptors (Lipinski definition) is 5. The smallest absolute Gasteiger partial charge is 0.271 e. The third kappa shape index (κ3) is 5.10. The van der Waals surface area contributed by atoms with Gasteiger partial charge in [0.1, 0.15) is 34.7 Å². The monoisotopic (exact) mass is 437 g/mol. The second kappa shape index (κ2) is 9.44. The Labute approximate surface area is 181 Å². The molecule has 156 valence electrons. The summed E-state index contributed by atoms with van der Waals surface area (Å²) < 4.78 is 32.9. The van der Waals surface area contributed by atoms with E-state index in [-0.39, 0.29) is 18.1 Å². The maximum atomic E-state index is 13.7. The molecule has 0 bridgehead atoms. The van der Waals surface area contributed by atoms with E-state index in [9.17, 15) is 13.6 Å². The first-order chi connectivity index (χ1) is 15.1. The number of carbonyl (C=O) groups excluding carboxylic acids is 1. The number of hydrogen-bond donors (Lipinski definition) is 1. The fourth-order valence-electron chi connectivity index (χ4n) is 2.80. The molecule has 4 rings (SSSR count). The number of amides is 1. The third-order valence-electron chi connectivity index (χ3n) is 4.49. The molecule has 0 aliphatic rings. The van der Waals surface area contributed by atoms with Gasteiger partial charge in [-0.1, -0.05) is 6.07 Å². The number of ether oxygens (including phenoxy) is 1. The number of nitrogens with zero attached hydrogens (tertiary/aromatic N) is 2. The maximum Gasteiger partial charge on any atom is 0.271 e. The first kappa shape index (κ1) is 20.6. The Kier molecular flexibility index (Phi) is 6.28. The van der Waals surface area contributed by atoms with Crippen LogP contribution in [0.3, 0.4) is 0 Å². The van der Waals surface area contributed by atoms with Crippen LogP contribution >= 0.6 is 11.3 Å². The van der Waals surface area contributed by atoms with E-state index in [1.54, 1.807) is 42.0 Å². The first-order valence-corrected chi connectivity index (χ1v) is 10.3. The molecule has 0 atom stereocenters. The number of carbonyl (C=O) groups is 1. The lowest BCUT2D eigenvalue weighted by atomic mass is 10.2. The Bertz CT molecular complexity index is 1160. The molecule has 2 aromatic carbocycles. The van der Waals surface area contributed by atoms with Gasteiger partial charge in [0.25, 0.3) is 5.91 Å². The quantitative estimate of drug-likeness (QED) is 0.442. The predicted octanol–water partition coefficient (Wildman–Crippen LogP) is 4.99. The lowest BCUT2D eigenvalue weighted by Gasteiger charge is -2.08. The van der Waals surface area contributed by atoms with Crippen molar-refractivity contribution in [3.63, 3.8) is 0 Å². The van der Waals surface area contributed by atoms with Gasteiger partial charge in [0.15, 0.2) is 0 Å². The largest absolute Gasteiger partial charge is 0.489 e. The van der Waals surface area contributed by atoms with Crippen LogP contribution in [0.4, 0.5) is 8.78 Å². The predicted molar refractivity (Wildman–Crippen MR) is 114 cm³/mol. The zero-order valence-corrected chi connectivity index (χ0v) is 17.0. The zero-order chi connectivity index (χ0) is 21.6.